The molecule has 0 aliphatic carbocycles. The standard InChI is InChI=1S/C15H15N3O2/c1-2-14(19)17-13-5-3-4-11(10-13)15(20)18-12-6-8-16-9-7-12/h3-10H,2H2,1H3,(H,17,19)(H,16,18,20). The molecule has 20 heavy (non-hydrogen) atoms. The van der Waals surface area contributed by atoms with Gasteiger partial charge in [0.1, 0.15) is 0 Å². The molecule has 5 nitrogen and oxygen atoms in total. The number of nitrogens with zero attached hydrogens (tertiary/aromatic N) is 1. The number of hydrogen-bond donors (Lipinski definition) is 2. The summed E-state index contributed by atoms with van der Waals surface area (Å²) in [6, 6.07) is 10.2. The molecule has 102 valence electrons. The molecule has 2 N–H and O–H groups in total. The van der Waals surface area contributed by atoms with E-state index in [0.717, 1.165) is 0 Å². The van der Waals surface area contributed by atoms with Crippen LogP contribution in [0.2, 0.25) is 0 Å². The Morgan fingerprint density at radius 2 is 1.80 bits per heavy atom. The van der Waals surface area contributed by atoms with E-state index in [4.69, 9.17) is 0 Å². The molecule has 0 bridgehead atoms. The smallest absolute Gasteiger partial charge is 0.255 e. The maximum atomic E-state index is 12.1. The first-order chi connectivity index (χ1) is 9.69. The highest BCUT2D eigenvalue weighted by Crippen LogP contribution is 2.13. The van der Waals surface area contributed by atoms with Crippen molar-refractivity contribution in [1.82, 2.24) is 4.98 Å². The van der Waals surface area contributed by atoms with E-state index in [2.05, 4.69) is 15.6 Å². The number of amides is 2. The molecule has 1 aromatic heterocycles. The van der Waals surface area contributed by atoms with Crippen molar-refractivity contribution >= 4 is 23.2 Å². The molecular formula is C15H15N3O2. The Morgan fingerprint density at radius 3 is 2.50 bits per heavy atom. The molecule has 0 fully saturated rings. The lowest BCUT2D eigenvalue weighted by Crippen LogP contribution is -2.13. The molecule has 2 aromatic rings. The van der Waals surface area contributed by atoms with Crippen LogP contribution in [-0.4, -0.2) is 16.8 Å². The first-order valence-electron chi connectivity index (χ1n) is 6.30. The van der Waals surface area contributed by atoms with Crippen molar-refractivity contribution in [2.45, 2.75) is 13.3 Å². The van der Waals surface area contributed by atoms with Crippen LogP contribution in [0.3, 0.4) is 0 Å². The normalized spacial score (nSPS) is 9.85. The maximum absolute atomic E-state index is 12.1. The second-order valence-corrected chi connectivity index (χ2v) is 4.17. The van der Waals surface area contributed by atoms with Crippen molar-refractivity contribution in [1.29, 1.82) is 0 Å². The average Bonchev–Trinajstić information content (AvgIpc) is 2.48. The summed E-state index contributed by atoms with van der Waals surface area (Å²) in [4.78, 5) is 27.3. The molecular weight excluding hydrogens is 254 g/mol. The molecule has 0 atom stereocenters. The predicted octanol–water partition coefficient (Wildman–Crippen LogP) is 2.68. The summed E-state index contributed by atoms with van der Waals surface area (Å²) in [5.74, 6) is -0.319. The van der Waals surface area contributed by atoms with Crippen molar-refractivity contribution in [3.8, 4) is 0 Å². The van der Waals surface area contributed by atoms with Gasteiger partial charge >= 0.3 is 0 Å². The lowest BCUT2D eigenvalue weighted by atomic mass is 10.2. The Bertz CT molecular complexity index is 612. The van der Waals surface area contributed by atoms with Crippen LogP contribution >= 0.6 is 0 Å². The third-order valence-corrected chi connectivity index (χ3v) is 2.67. The summed E-state index contributed by atoms with van der Waals surface area (Å²) >= 11 is 0. The van der Waals surface area contributed by atoms with Gasteiger partial charge in [0, 0.05) is 35.8 Å². The second kappa shape index (κ2) is 6.47. The zero-order chi connectivity index (χ0) is 14.4. The highest BCUT2D eigenvalue weighted by Gasteiger charge is 2.07. The van der Waals surface area contributed by atoms with Crippen LogP contribution in [0.4, 0.5) is 11.4 Å². The lowest BCUT2D eigenvalue weighted by Gasteiger charge is -2.07. The molecule has 0 aliphatic rings. The van der Waals surface area contributed by atoms with E-state index in [1.807, 2.05) is 0 Å². The van der Waals surface area contributed by atoms with Gasteiger partial charge in [0.15, 0.2) is 0 Å². The first kappa shape index (κ1) is 13.7. The Labute approximate surface area is 117 Å². The zero-order valence-corrected chi connectivity index (χ0v) is 11.1. The molecule has 0 radical (unpaired) electrons. The van der Waals surface area contributed by atoms with E-state index in [1.165, 1.54) is 0 Å². The Morgan fingerprint density at radius 1 is 1.05 bits per heavy atom. The molecule has 0 saturated heterocycles. The number of rotatable bonds is 4. The topological polar surface area (TPSA) is 71.1 Å². The summed E-state index contributed by atoms with van der Waals surface area (Å²) in [5.41, 5.74) is 1.77. The van der Waals surface area contributed by atoms with Gasteiger partial charge in [-0.15, -0.1) is 0 Å². The van der Waals surface area contributed by atoms with Crippen molar-refractivity contribution in [2.24, 2.45) is 0 Å². The zero-order valence-electron chi connectivity index (χ0n) is 11.1. The van der Waals surface area contributed by atoms with Gasteiger partial charge in [-0.25, -0.2) is 0 Å². The lowest BCUT2D eigenvalue weighted by molar-refractivity contribution is -0.115. The first-order valence-corrected chi connectivity index (χ1v) is 6.30. The minimum atomic E-state index is -0.233. The van der Waals surface area contributed by atoms with Gasteiger partial charge in [-0.2, -0.15) is 0 Å². The summed E-state index contributed by atoms with van der Waals surface area (Å²) in [7, 11) is 0. The molecule has 5 heteroatoms. The Hall–Kier alpha value is -2.69. The maximum Gasteiger partial charge on any atom is 0.255 e. The fourth-order valence-corrected chi connectivity index (χ4v) is 1.63. The van der Waals surface area contributed by atoms with Gasteiger partial charge in [0.2, 0.25) is 5.91 Å². The third-order valence-electron chi connectivity index (χ3n) is 2.67. The molecule has 0 saturated carbocycles. The number of pyridine rings is 1. The van der Waals surface area contributed by atoms with Crippen LogP contribution in [0, 0.1) is 0 Å². The monoisotopic (exact) mass is 269 g/mol. The van der Waals surface area contributed by atoms with Gasteiger partial charge in [0.25, 0.3) is 5.91 Å². The Kier molecular flexibility index (Phi) is 4.44. The van der Waals surface area contributed by atoms with Gasteiger partial charge < -0.3 is 10.6 Å². The fraction of sp³-hybridized carbons (Fsp3) is 0.133. The summed E-state index contributed by atoms with van der Waals surface area (Å²) in [6.45, 7) is 1.77. The van der Waals surface area contributed by atoms with Crippen LogP contribution in [0.15, 0.2) is 48.8 Å². The minimum absolute atomic E-state index is 0.0864. The highest BCUT2D eigenvalue weighted by molar-refractivity contribution is 6.05. The van der Waals surface area contributed by atoms with Crippen molar-refractivity contribution in [3.05, 3.63) is 54.4 Å². The van der Waals surface area contributed by atoms with Crippen molar-refractivity contribution in [2.75, 3.05) is 10.6 Å². The molecule has 0 aliphatic heterocycles. The number of carbonyl (C=O) groups is 2. The van der Waals surface area contributed by atoms with Gasteiger partial charge in [-0.3, -0.25) is 14.6 Å². The number of nitrogens with one attached hydrogen (secondary N) is 2. The van der Waals surface area contributed by atoms with Crippen LogP contribution < -0.4 is 10.6 Å². The molecule has 1 heterocycles. The van der Waals surface area contributed by atoms with E-state index >= 15 is 0 Å². The predicted molar refractivity (Wildman–Crippen MR) is 77.6 cm³/mol. The molecule has 2 amide bonds. The third kappa shape index (κ3) is 3.65. The number of hydrogen-bond acceptors (Lipinski definition) is 3. The summed E-state index contributed by atoms with van der Waals surface area (Å²) in [5, 5.41) is 5.48. The largest absolute Gasteiger partial charge is 0.326 e. The van der Waals surface area contributed by atoms with Gasteiger partial charge in [-0.1, -0.05) is 13.0 Å². The molecule has 0 spiro atoms. The SMILES string of the molecule is CCC(=O)Nc1cccc(C(=O)Nc2ccncc2)c1. The quantitative estimate of drug-likeness (QED) is 0.896. The molecule has 0 unspecified atom stereocenters. The van der Waals surface area contributed by atoms with E-state index in [9.17, 15) is 9.59 Å². The van der Waals surface area contributed by atoms with Crippen molar-refractivity contribution < 1.29 is 9.59 Å². The van der Waals surface area contributed by atoms with Gasteiger partial charge in [0.05, 0.1) is 0 Å². The number of benzene rings is 1. The summed E-state index contributed by atoms with van der Waals surface area (Å²) in [6.07, 6.45) is 3.61. The highest BCUT2D eigenvalue weighted by atomic mass is 16.2. The van der Waals surface area contributed by atoms with Gasteiger partial charge in [-0.05, 0) is 30.3 Å². The second-order valence-electron chi connectivity index (χ2n) is 4.17. The summed E-state index contributed by atoms with van der Waals surface area (Å²) < 4.78 is 0. The van der Waals surface area contributed by atoms with Crippen LogP contribution in [0.5, 0.6) is 0 Å². The average molecular weight is 269 g/mol. The van der Waals surface area contributed by atoms with E-state index < -0.39 is 0 Å². The van der Waals surface area contributed by atoms with E-state index in [-0.39, 0.29) is 11.8 Å². The van der Waals surface area contributed by atoms with Crippen LogP contribution in [0.1, 0.15) is 23.7 Å². The van der Waals surface area contributed by atoms with Crippen LogP contribution in [-0.2, 0) is 4.79 Å². The molecule has 1 aromatic carbocycles. The minimum Gasteiger partial charge on any atom is -0.326 e. The number of aromatic nitrogens is 1. The number of carbonyl (C=O) groups excluding carboxylic acids is 2. The van der Waals surface area contributed by atoms with Crippen molar-refractivity contribution in [3.63, 3.8) is 0 Å². The molecule has 2 rings (SSSR count). The fourth-order valence-electron chi connectivity index (χ4n) is 1.63. The van der Waals surface area contributed by atoms with E-state index in [0.29, 0.717) is 23.4 Å². The van der Waals surface area contributed by atoms with Crippen LogP contribution in [0.25, 0.3) is 0 Å². The Balaban J connectivity index is 2.10. The van der Waals surface area contributed by atoms with E-state index in [1.54, 1.807) is 55.7 Å². The number of anilines is 2.